The molecule has 1 N–H and O–H groups in total. The number of anilines is 2. The van der Waals surface area contributed by atoms with Crippen LogP contribution < -0.4 is 9.64 Å². The fourth-order valence-electron chi connectivity index (χ4n) is 4.45. The maximum Gasteiger partial charge on any atom is 0.125 e. The van der Waals surface area contributed by atoms with Crippen molar-refractivity contribution in [3.05, 3.63) is 53.6 Å². The van der Waals surface area contributed by atoms with Gasteiger partial charge < -0.3 is 19.5 Å². The standard InChI is InChI=1S/C25H30N2O3/c1-17(2)16-27(20-5-3-18(15-26)4-6-20)21-7-8-24-22(13-21)23(28)14-25(30-24)19-9-11-29-12-10-19/h3-8,13,17,19,23,25,28H,9-12,14,16H2,1-2H3. The minimum atomic E-state index is -0.525. The van der Waals surface area contributed by atoms with E-state index in [1.54, 1.807) is 0 Å². The zero-order valence-corrected chi connectivity index (χ0v) is 17.8. The zero-order valence-electron chi connectivity index (χ0n) is 17.8. The van der Waals surface area contributed by atoms with Crippen molar-refractivity contribution in [3.8, 4) is 11.8 Å². The molecule has 2 unspecified atom stereocenters. The van der Waals surface area contributed by atoms with E-state index in [0.717, 1.165) is 55.3 Å². The van der Waals surface area contributed by atoms with E-state index in [1.165, 1.54) is 0 Å². The molecule has 1 saturated heterocycles. The second kappa shape index (κ2) is 9.07. The van der Waals surface area contributed by atoms with Gasteiger partial charge in [0.25, 0.3) is 0 Å². The molecular weight excluding hydrogens is 376 g/mol. The Morgan fingerprint density at radius 2 is 1.80 bits per heavy atom. The molecule has 2 aromatic rings. The molecule has 0 saturated carbocycles. The first-order valence-electron chi connectivity index (χ1n) is 10.9. The first-order chi connectivity index (χ1) is 14.5. The van der Waals surface area contributed by atoms with Gasteiger partial charge in [-0.25, -0.2) is 0 Å². The summed E-state index contributed by atoms with van der Waals surface area (Å²) < 4.78 is 11.8. The molecule has 158 valence electrons. The Kier molecular flexibility index (Phi) is 6.26. The lowest BCUT2D eigenvalue weighted by Gasteiger charge is -2.37. The monoisotopic (exact) mass is 406 g/mol. The van der Waals surface area contributed by atoms with Crippen LogP contribution in [0, 0.1) is 23.2 Å². The second-order valence-electron chi connectivity index (χ2n) is 8.74. The largest absolute Gasteiger partial charge is 0.490 e. The molecule has 0 aliphatic carbocycles. The molecule has 5 heteroatoms. The van der Waals surface area contributed by atoms with Crippen LogP contribution >= 0.6 is 0 Å². The Morgan fingerprint density at radius 1 is 1.10 bits per heavy atom. The topological polar surface area (TPSA) is 65.7 Å². The third kappa shape index (κ3) is 4.45. The Morgan fingerprint density at radius 3 is 2.47 bits per heavy atom. The van der Waals surface area contributed by atoms with Gasteiger partial charge in [0.2, 0.25) is 0 Å². The first kappa shape index (κ1) is 20.7. The van der Waals surface area contributed by atoms with Crippen molar-refractivity contribution in [1.29, 1.82) is 5.26 Å². The lowest BCUT2D eigenvalue weighted by Crippen LogP contribution is -2.36. The maximum absolute atomic E-state index is 10.9. The van der Waals surface area contributed by atoms with Crippen molar-refractivity contribution in [2.24, 2.45) is 11.8 Å². The highest BCUT2D eigenvalue weighted by molar-refractivity contribution is 5.66. The van der Waals surface area contributed by atoms with Crippen LogP contribution in [0.4, 0.5) is 11.4 Å². The molecule has 0 bridgehead atoms. The summed E-state index contributed by atoms with van der Waals surface area (Å²) in [7, 11) is 0. The molecule has 2 atom stereocenters. The normalized spacial score (nSPS) is 21.6. The maximum atomic E-state index is 10.9. The number of hydrogen-bond donors (Lipinski definition) is 1. The van der Waals surface area contributed by atoms with Gasteiger partial charge in [-0.2, -0.15) is 5.26 Å². The molecule has 2 aliphatic rings. The summed E-state index contributed by atoms with van der Waals surface area (Å²) in [4.78, 5) is 2.24. The Labute approximate surface area is 178 Å². The van der Waals surface area contributed by atoms with E-state index in [9.17, 15) is 5.11 Å². The van der Waals surface area contributed by atoms with Gasteiger partial charge in [-0.05, 0) is 61.2 Å². The molecule has 0 radical (unpaired) electrons. The fraction of sp³-hybridized carbons (Fsp3) is 0.480. The quantitative estimate of drug-likeness (QED) is 0.760. The summed E-state index contributed by atoms with van der Waals surface area (Å²) in [5, 5.41) is 20.0. The van der Waals surface area contributed by atoms with Crippen LogP contribution in [-0.2, 0) is 4.74 Å². The summed E-state index contributed by atoms with van der Waals surface area (Å²) in [5.74, 6) is 1.69. The summed E-state index contributed by atoms with van der Waals surface area (Å²) in [6, 6.07) is 15.9. The van der Waals surface area contributed by atoms with E-state index in [4.69, 9.17) is 14.7 Å². The average molecular weight is 407 g/mol. The fourth-order valence-corrected chi connectivity index (χ4v) is 4.45. The van der Waals surface area contributed by atoms with Crippen molar-refractivity contribution in [2.75, 3.05) is 24.7 Å². The molecule has 5 nitrogen and oxygen atoms in total. The van der Waals surface area contributed by atoms with Crippen LogP contribution in [0.2, 0.25) is 0 Å². The number of fused-ring (bicyclic) bond motifs is 1. The van der Waals surface area contributed by atoms with Gasteiger partial charge in [0, 0.05) is 49.0 Å². The van der Waals surface area contributed by atoms with Crippen molar-refractivity contribution < 1.29 is 14.6 Å². The smallest absolute Gasteiger partial charge is 0.125 e. The molecule has 0 amide bonds. The molecule has 2 aliphatic heterocycles. The Hall–Kier alpha value is -2.55. The molecule has 0 spiro atoms. The van der Waals surface area contributed by atoms with Crippen LogP contribution in [0.25, 0.3) is 0 Å². The van der Waals surface area contributed by atoms with Crippen LogP contribution in [0.5, 0.6) is 5.75 Å². The molecule has 0 aromatic heterocycles. The van der Waals surface area contributed by atoms with Gasteiger partial charge in [-0.1, -0.05) is 13.8 Å². The number of benzene rings is 2. The van der Waals surface area contributed by atoms with Gasteiger partial charge in [-0.3, -0.25) is 0 Å². The summed E-state index contributed by atoms with van der Waals surface area (Å²) in [6.45, 7) is 6.77. The number of rotatable bonds is 5. The molecule has 4 rings (SSSR count). The predicted molar refractivity (Wildman–Crippen MR) is 117 cm³/mol. The summed E-state index contributed by atoms with van der Waals surface area (Å²) in [6.07, 6.45) is 2.13. The molecule has 2 heterocycles. The van der Waals surface area contributed by atoms with E-state index in [1.807, 2.05) is 30.3 Å². The summed E-state index contributed by atoms with van der Waals surface area (Å²) in [5.41, 5.74) is 3.57. The molecular formula is C25H30N2O3. The van der Waals surface area contributed by atoms with Crippen molar-refractivity contribution in [1.82, 2.24) is 0 Å². The van der Waals surface area contributed by atoms with Gasteiger partial charge in [-0.15, -0.1) is 0 Å². The molecule has 1 fully saturated rings. The highest BCUT2D eigenvalue weighted by atomic mass is 16.5. The third-order valence-electron chi connectivity index (χ3n) is 6.05. The highest BCUT2D eigenvalue weighted by Crippen LogP contribution is 2.41. The van der Waals surface area contributed by atoms with E-state index in [0.29, 0.717) is 23.8 Å². The summed E-state index contributed by atoms with van der Waals surface area (Å²) >= 11 is 0. The highest BCUT2D eigenvalue weighted by Gasteiger charge is 2.34. The minimum absolute atomic E-state index is 0.0487. The van der Waals surface area contributed by atoms with Crippen LogP contribution in [0.3, 0.4) is 0 Å². The van der Waals surface area contributed by atoms with Gasteiger partial charge >= 0.3 is 0 Å². The van der Waals surface area contributed by atoms with Gasteiger partial charge in [0.1, 0.15) is 11.9 Å². The minimum Gasteiger partial charge on any atom is -0.490 e. The number of aliphatic hydroxyl groups excluding tert-OH is 1. The van der Waals surface area contributed by atoms with Crippen molar-refractivity contribution >= 4 is 11.4 Å². The SMILES string of the molecule is CC(C)CN(c1ccc(C#N)cc1)c1ccc2c(c1)C(O)CC(C1CCOCC1)O2. The van der Waals surface area contributed by atoms with E-state index in [2.05, 4.69) is 36.9 Å². The first-order valence-corrected chi connectivity index (χ1v) is 10.9. The van der Waals surface area contributed by atoms with Crippen LogP contribution in [0.1, 0.15) is 50.3 Å². The number of nitriles is 1. The number of aliphatic hydroxyl groups is 1. The van der Waals surface area contributed by atoms with Crippen molar-refractivity contribution in [3.63, 3.8) is 0 Å². The zero-order chi connectivity index (χ0) is 21.1. The predicted octanol–water partition coefficient (Wildman–Crippen LogP) is 4.96. The Balaban J connectivity index is 1.60. The lowest BCUT2D eigenvalue weighted by molar-refractivity contribution is -0.0150. The second-order valence-corrected chi connectivity index (χ2v) is 8.74. The number of hydrogen-bond acceptors (Lipinski definition) is 5. The Bertz CT molecular complexity index is 898. The van der Waals surface area contributed by atoms with E-state index < -0.39 is 6.10 Å². The van der Waals surface area contributed by atoms with E-state index >= 15 is 0 Å². The van der Waals surface area contributed by atoms with E-state index in [-0.39, 0.29) is 6.10 Å². The number of ether oxygens (including phenoxy) is 2. The van der Waals surface area contributed by atoms with Crippen molar-refractivity contribution in [2.45, 2.75) is 45.3 Å². The van der Waals surface area contributed by atoms with Gasteiger partial charge in [0.15, 0.2) is 0 Å². The molecule has 30 heavy (non-hydrogen) atoms. The van der Waals surface area contributed by atoms with Crippen LogP contribution in [0.15, 0.2) is 42.5 Å². The average Bonchev–Trinajstić information content (AvgIpc) is 2.78. The van der Waals surface area contributed by atoms with Crippen LogP contribution in [-0.4, -0.2) is 31.0 Å². The lowest BCUT2D eigenvalue weighted by atomic mass is 9.86. The molecule has 2 aromatic carbocycles. The van der Waals surface area contributed by atoms with Gasteiger partial charge in [0.05, 0.1) is 17.7 Å². The number of nitrogens with zero attached hydrogens (tertiary/aromatic N) is 2. The third-order valence-corrected chi connectivity index (χ3v) is 6.05.